The molecule has 1 heterocycles. The highest BCUT2D eigenvalue weighted by atomic mass is 16.6. The van der Waals surface area contributed by atoms with Gasteiger partial charge in [-0.3, -0.25) is 0 Å². The van der Waals surface area contributed by atoms with Crippen LogP contribution in [0.4, 0.5) is 0 Å². The van der Waals surface area contributed by atoms with Crippen molar-refractivity contribution in [2.75, 3.05) is 73.2 Å². The lowest BCUT2D eigenvalue weighted by Gasteiger charge is -2.35. The summed E-state index contributed by atoms with van der Waals surface area (Å²) in [6, 6.07) is 0. The van der Waals surface area contributed by atoms with Crippen LogP contribution in [-0.4, -0.2) is 91.5 Å². The van der Waals surface area contributed by atoms with Crippen molar-refractivity contribution in [3.8, 4) is 0 Å². The summed E-state index contributed by atoms with van der Waals surface area (Å²) in [6.45, 7) is 5.69. The van der Waals surface area contributed by atoms with Crippen molar-refractivity contribution in [2.45, 2.75) is 37.6 Å². The molecule has 2 fully saturated rings. The van der Waals surface area contributed by atoms with Crippen molar-refractivity contribution in [1.82, 2.24) is 0 Å². The minimum absolute atomic E-state index is 0.0470. The SMILES string of the molecule is COC1CCC2OCCOCCOCCOCCOCCOC2C1. The fraction of sp³-hybridized carbons (Fsp3) is 1.00. The highest BCUT2D eigenvalue weighted by Crippen LogP contribution is 2.26. The summed E-state index contributed by atoms with van der Waals surface area (Å²) in [6.07, 6.45) is 3.20. The van der Waals surface area contributed by atoms with E-state index in [1.807, 2.05) is 0 Å². The molecule has 2 aliphatic rings. The number of methoxy groups -OCH3 is 1. The lowest BCUT2D eigenvalue weighted by atomic mass is 9.92. The molecule has 0 bridgehead atoms. The fourth-order valence-electron chi connectivity index (χ4n) is 2.92. The molecule has 0 amide bonds. The zero-order chi connectivity index (χ0) is 16.9. The number of ether oxygens (including phenoxy) is 7. The second kappa shape index (κ2) is 13.0. The predicted octanol–water partition coefficient (Wildman–Crippen LogP) is 1.04. The van der Waals surface area contributed by atoms with E-state index in [2.05, 4.69) is 0 Å². The standard InChI is InChI=1S/C17H32O7/c1-18-15-2-3-16-17(14-15)24-13-11-22-9-7-20-5-4-19-6-8-21-10-12-23-16/h15-17H,2-14H2,1H3. The van der Waals surface area contributed by atoms with Crippen molar-refractivity contribution >= 4 is 0 Å². The number of hydrogen-bond acceptors (Lipinski definition) is 7. The van der Waals surface area contributed by atoms with Gasteiger partial charge in [-0.25, -0.2) is 0 Å². The number of hydrogen-bond donors (Lipinski definition) is 0. The van der Waals surface area contributed by atoms with E-state index in [0.717, 1.165) is 19.3 Å². The van der Waals surface area contributed by atoms with Crippen LogP contribution >= 0.6 is 0 Å². The smallest absolute Gasteiger partial charge is 0.0862 e. The van der Waals surface area contributed by atoms with Crippen LogP contribution in [0.15, 0.2) is 0 Å². The van der Waals surface area contributed by atoms with E-state index in [4.69, 9.17) is 33.2 Å². The van der Waals surface area contributed by atoms with Crippen molar-refractivity contribution in [3.63, 3.8) is 0 Å². The summed E-state index contributed by atoms with van der Waals surface area (Å²) in [5.41, 5.74) is 0. The average molecular weight is 348 g/mol. The predicted molar refractivity (Wildman–Crippen MR) is 87.4 cm³/mol. The van der Waals surface area contributed by atoms with E-state index in [0.29, 0.717) is 66.1 Å². The van der Waals surface area contributed by atoms with E-state index in [1.54, 1.807) is 7.11 Å². The maximum Gasteiger partial charge on any atom is 0.0862 e. The molecular formula is C17H32O7. The first-order chi connectivity index (χ1) is 11.9. The first-order valence-electron chi connectivity index (χ1n) is 8.97. The molecule has 1 aliphatic heterocycles. The van der Waals surface area contributed by atoms with Gasteiger partial charge >= 0.3 is 0 Å². The summed E-state index contributed by atoms with van der Waals surface area (Å²) in [5.74, 6) is 0. The normalized spacial score (nSPS) is 33.1. The van der Waals surface area contributed by atoms with Gasteiger partial charge in [0.2, 0.25) is 0 Å². The Morgan fingerprint density at radius 1 is 0.583 bits per heavy atom. The number of rotatable bonds is 1. The van der Waals surface area contributed by atoms with Gasteiger partial charge in [0.25, 0.3) is 0 Å². The summed E-state index contributed by atoms with van der Waals surface area (Å²) < 4.78 is 39.4. The van der Waals surface area contributed by atoms with Gasteiger partial charge in [0.05, 0.1) is 84.4 Å². The Bertz CT molecular complexity index is 303. The molecule has 7 heteroatoms. The third-order valence-corrected chi connectivity index (χ3v) is 4.25. The molecule has 0 radical (unpaired) electrons. The van der Waals surface area contributed by atoms with Gasteiger partial charge in [-0.1, -0.05) is 0 Å². The van der Waals surface area contributed by atoms with Crippen LogP contribution in [0.1, 0.15) is 19.3 Å². The van der Waals surface area contributed by atoms with Crippen LogP contribution in [0.5, 0.6) is 0 Å². The topological polar surface area (TPSA) is 64.6 Å². The molecule has 1 aliphatic carbocycles. The second-order valence-corrected chi connectivity index (χ2v) is 5.94. The van der Waals surface area contributed by atoms with Gasteiger partial charge in [0.1, 0.15) is 0 Å². The van der Waals surface area contributed by atoms with Crippen LogP contribution in [0.3, 0.4) is 0 Å². The van der Waals surface area contributed by atoms with Crippen LogP contribution in [0.25, 0.3) is 0 Å². The second-order valence-electron chi connectivity index (χ2n) is 5.94. The lowest BCUT2D eigenvalue weighted by molar-refractivity contribution is -0.134. The first kappa shape index (κ1) is 20.0. The maximum atomic E-state index is 5.99. The third-order valence-electron chi connectivity index (χ3n) is 4.25. The summed E-state index contributed by atoms with van der Waals surface area (Å²) >= 11 is 0. The Hall–Kier alpha value is -0.280. The molecule has 0 aromatic heterocycles. The molecular weight excluding hydrogens is 316 g/mol. The number of fused-ring (bicyclic) bond motifs is 1. The van der Waals surface area contributed by atoms with Crippen LogP contribution < -0.4 is 0 Å². The van der Waals surface area contributed by atoms with Gasteiger partial charge in [-0.15, -0.1) is 0 Å². The molecule has 7 nitrogen and oxygen atoms in total. The molecule has 0 aromatic rings. The van der Waals surface area contributed by atoms with E-state index in [9.17, 15) is 0 Å². The van der Waals surface area contributed by atoms with E-state index < -0.39 is 0 Å². The Morgan fingerprint density at radius 2 is 1.04 bits per heavy atom. The Labute approximate surface area is 144 Å². The highest BCUT2D eigenvalue weighted by molar-refractivity contribution is 4.82. The highest BCUT2D eigenvalue weighted by Gasteiger charge is 2.31. The Kier molecular flexibility index (Phi) is 10.8. The monoisotopic (exact) mass is 348 g/mol. The minimum atomic E-state index is 0.0470. The summed E-state index contributed by atoms with van der Waals surface area (Å²) in [7, 11) is 1.76. The van der Waals surface area contributed by atoms with Crippen molar-refractivity contribution in [3.05, 3.63) is 0 Å². The molecule has 3 unspecified atom stereocenters. The molecule has 142 valence electrons. The first-order valence-corrected chi connectivity index (χ1v) is 8.97. The van der Waals surface area contributed by atoms with Crippen molar-refractivity contribution in [1.29, 1.82) is 0 Å². The molecule has 0 aromatic carbocycles. The maximum absolute atomic E-state index is 5.99. The van der Waals surface area contributed by atoms with Gasteiger partial charge in [-0.05, 0) is 12.8 Å². The Balaban J connectivity index is 1.75. The fourth-order valence-corrected chi connectivity index (χ4v) is 2.92. The van der Waals surface area contributed by atoms with Crippen LogP contribution in [0, 0.1) is 0 Å². The zero-order valence-electron chi connectivity index (χ0n) is 14.8. The van der Waals surface area contributed by atoms with Gasteiger partial charge < -0.3 is 33.2 Å². The van der Waals surface area contributed by atoms with Crippen LogP contribution in [0.2, 0.25) is 0 Å². The molecule has 0 spiro atoms. The van der Waals surface area contributed by atoms with Crippen molar-refractivity contribution in [2.24, 2.45) is 0 Å². The van der Waals surface area contributed by atoms with E-state index >= 15 is 0 Å². The van der Waals surface area contributed by atoms with E-state index in [1.165, 1.54) is 0 Å². The van der Waals surface area contributed by atoms with Crippen LogP contribution in [-0.2, 0) is 33.2 Å². The summed E-state index contributed by atoms with van der Waals surface area (Å²) in [5, 5.41) is 0. The molecule has 2 rings (SSSR count). The quantitative estimate of drug-likeness (QED) is 0.701. The average Bonchev–Trinajstić information content (AvgIpc) is 2.61. The molecule has 1 saturated heterocycles. The van der Waals surface area contributed by atoms with E-state index in [-0.39, 0.29) is 18.3 Å². The largest absolute Gasteiger partial charge is 0.381 e. The molecule has 3 atom stereocenters. The Morgan fingerprint density at radius 3 is 1.54 bits per heavy atom. The third kappa shape index (κ3) is 8.20. The molecule has 0 N–H and O–H groups in total. The molecule has 1 saturated carbocycles. The van der Waals surface area contributed by atoms with Gasteiger partial charge in [0.15, 0.2) is 0 Å². The van der Waals surface area contributed by atoms with Gasteiger partial charge in [-0.2, -0.15) is 0 Å². The minimum Gasteiger partial charge on any atom is -0.381 e. The van der Waals surface area contributed by atoms with Gasteiger partial charge in [0, 0.05) is 13.5 Å². The summed E-state index contributed by atoms with van der Waals surface area (Å²) in [4.78, 5) is 0. The lowest BCUT2D eigenvalue weighted by Crippen LogP contribution is -2.41. The zero-order valence-corrected chi connectivity index (χ0v) is 14.8. The molecule has 24 heavy (non-hydrogen) atoms. The van der Waals surface area contributed by atoms with Crippen molar-refractivity contribution < 1.29 is 33.2 Å².